The van der Waals surface area contributed by atoms with E-state index in [9.17, 15) is 4.39 Å². The van der Waals surface area contributed by atoms with Gasteiger partial charge in [-0.05, 0) is 42.9 Å². The highest BCUT2D eigenvalue weighted by molar-refractivity contribution is 5.85. The zero-order valence-corrected chi connectivity index (χ0v) is 13.8. The molecule has 0 spiro atoms. The van der Waals surface area contributed by atoms with Crippen molar-refractivity contribution in [3.8, 4) is 0 Å². The highest BCUT2D eigenvalue weighted by atomic mass is 19.1. The van der Waals surface area contributed by atoms with Crippen LogP contribution in [0.5, 0.6) is 0 Å². The lowest BCUT2D eigenvalue weighted by molar-refractivity contribution is 0.0539. The Labute approximate surface area is 136 Å². The molecule has 1 saturated heterocycles. The summed E-state index contributed by atoms with van der Waals surface area (Å²) in [4.78, 5) is 6.26. The molecule has 1 N–H and O–H groups in total. The number of aromatic nitrogens is 1. The molecule has 1 aliphatic carbocycles. The van der Waals surface area contributed by atoms with Crippen molar-refractivity contribution in [1.82, 2.24) is 9.88 Å². The molecule has 1 aromatic carbocycles. The quantitative estimate of drug-likeness (QED) is 0.790. The first-order valence-corrected chi connectivity index (χ1v) is 8.78. The molecule has 4 heterocycles. The molecule has 2 aromatic rings. The lowest BCUT2D eigenvalue weighted by Gasteiger charge is -2.54. The van der Waals surface area contributed by atoms with Crippen LogP contribution in [0.2, 0.25) is 0 Å². The monoisotopic (exact) mass is 310 g/mol. The zero-order valence-electron chi connectivity index (χ0n) is 13.8. The molecule has 2 nitrogen and oxygen atoms in total. The van der Waals surface area contributed by atoms with Gasteiger partial charge in [-0.25, -0.2) is 4.39 Å². The lowest BCUT2D eigenvalue weighted by atomic mass is 9.61. The predicted octanol–water partition coefficient (Wildman–Crippen LogP) is 3.97. The third-order valence-corrected chi connectivity index (χ3v) is 6.36. The maximum atomic E-state index is 14.3. The van der Waals surface area contributed by atoms with E-state index in [-0.39, 0.29) is 11.5 Å². The molecule has 6 rings (SSSR count). The van der Waals surface area contributed by atoms with Crippen molar-refractivity contribution in [2.75, 3.05) is 13.1 Å². The number of nitrogens with one attached hydrogen (secondary N) is 1. The number of rotatable bonds is 1. The smallest absolute Gasteiger partial charge is 0.120 e. The highest BCUT2D eigenvalue weighted by Gasteiger charge is 2.53. The maximum absolute atomic E-state index is 14.3. The Bertz CT molecular complexity index is 818. The van der Waals surface area contributed by atoms with E-state index >= 15 is 0 Å². The van der Waals surface area contributed by atoms with Crippen molar-refractivity contribution in [1.29, 1.82) is 0 Å². The Morgan fingerprint density at radius 1 is 1.35 bits per heavy atom. The van der Waals surface area contributed by atoms with E-state index in [4.69, 9.17) is 0 Å². The van der Waals surface area contributed by atoms with Crippen LogP contribution in [0.25, 0.3) is 10.9 Å². The number of hydrogen-bond acceptors (Lipinski definition) is 1. The van der Waals surface area contributed by atoms with Gasteiger partial charge in [0.15, 0.2) is 0 Å². The Hall–Kier alpha value is -1.61. The van der Waals surface area contributed by atoms with Gasteiger partial charge in [-0.3, -0.25) is 4.90 Å². The van der Waals surface area contributed by atoms with Gasteiger partial charge in [0.05, 0.1) is 0 Å². The third kappa shape index (κ3) is 1.72. The summed E-state index contributed by atoms with van der Waals surface area (Å²) in [6.07, 6.45) is 3.58. The number of para-hydroxylation sites is 1. The van der Waals surface area contributed by atoms with E-state index in [1.807, 2.05) is 0 Å². The average Bonchev–Trinajstić information content (AvgIpc) is 2.88. The molecule has 3 heteroatoms. The molecule has 0 radical (unpaired) electrons. The minimum Gasteiger partial charge on any atom is -0.358 e. The van der Waals surface area contributed by atoms with Crippen molar-refractivity contribution >= 4 is 10.9 Å². The van der Waals surface area contributed by atoms with Crippen LogP contribution < -0.4 is 0 Å². The number of nitrogens with zero attached hydrogens (tertiary/aromatic N) is 1. The fourth-order valence-corrected chi connectivity index (χ4v) is 5.60. The van der Waals surface area contributed by atoms with Crippen molar-refractivity contribution < 1.29 is 4.39 Å². The summed E-state index contributed by atoms with van der Waals surface area (Å²) in [7, 11) is 0. The molecule has 23 heavy (non-hydrogen) atoms. The number of aromatic amines is 1. The second kappa shape index (κ2) is 4.47. The summed E-state index contributed by atoms with van der Waals surface area (Å²) < 4.78 is 14.3. The molecule has 4 aliphatic rings. The first kappa shape index (κ1) is 13.8. The fourth-order valence-electron chi connectivity index (χ4n) is 5.60. The van der Waals surface area contributed by atoms with Gasteiger partial charge in [0.2, 0.25) is 0 Å². The molecule has 0 saturated carbocycles. The van der Waals surface area contributed by atoms with Crippen molar-refractivity contribution in [2.24, 2.45) is 5.92 Å². The molecule has 120 valence electrons. The lowest BCUT2D eigenvalue weighted by Crippen LogP contribution is -2.60. The van der Waals surface area contributed by atoms with Crippen LogP contribution >= 0.6 is 0 Å². The van der Waals surface area contributed by atoms with Gasteiger partial charge >= 0.3 is 0 Å². The number of fused-ring (bicyclic) bond motifs is 3. The number of piperidine rings is 1. The average molecular weight is 310 g/mol. The number of hydrogen-bond donors (Lipinski definition) is 1. The van der Waals surface area contributed by atoms with E-state index in [1.54, 1.807) is 6.92 Å². The van der Waals surface area contributed by atoms with Crippen LogP contribution in [0, 0.1) is 5.92 Å². The van der Waals surface area contributed by atoms with Crippen LogP contribution in [0.3, 0.4) is 0 Å². The van der Waals surface area contributed by atoms with Gasteiger partial charge in [0.1, 0.15) is 6.17 Å². The second-order valence-corrected chi connectivity index (χ2v) is 7.84. The number of alkyl halides is 1. The van der Waals surface area contributed by atoms with Crippen molar-refractivity contribution in [2.45, 2.75) is 44.3 Å². The largest absolute Gasteiger partial charge is 0.358 e. The molecule has 3 aliphatic heterocycles. The van der Waals surface area contributed by atoms with Gasteiger partial charge in [0.25, 0.3) is 0 Å². The van der Waals surface area contributed by atoms with Crippen LogP contribution in [0.15, 0.2) is 35.9 Å². The molecular weight excluding hydrogens is 287 g/mol. The summed E-state index contributed by atoms with van der Waals surface area (Å²) in [5, 5.41) is 1.35. The number of H-pyrrole nitrogens is 1. The summed E-state index contributed by atoms with van der Waals surface area (Å²) in [5.74, 6) is 0.482. The van der Waals surface area contributed by atoms with E-state index in [0.29, 0.717) is 5.92 Å². The molecule has 4 bridgehead atoms. The molecule has 5 atom stereocenters. The first-order valence-electron chi connectivity index (χ1n) is 8.78. The molecular formula is C20H23FN2. The van der Waals surface area contributed by atoms with Gasteiger partial charge in [-0.2, -0.15) is 0 Å². The van der Waals surface area contributed by atoms with Crippen LogP contribution in [0.4, 0.5) is 4.39 Å². The van der Waals surface area contributed by atoms with Crippen molar-refractivity contribution in [3.63, 3.8) is 0 Å². The standard InChI is InChI=1S/C20H23FN2/c1-12(21)16-9-13-10-20(2)18-15(7-8-23(11-13)19(16)20)14-5-3-4-6-17(14)22-18/h3-6,9,12-13,19,22H,7-8,10-11H2,1-2H3. The van der Waals surface area contributed by atoms with E-state index in [2.05, 4.69) is 47.1 Å². The van der Waals surface area contributed by atoms with E-state index in [0.717, 1.165) is 31.5 Å². The molecule has 0 amide bonds. The summed E-state index contributed by atoms with van der Waals surface area (Å²) >= 11 is 0. The Balaban J connectivity index is 1.76. The van der Waals surface area contributed by atoms with Gasteiger partial charge in [-0.15, -0.1) is 0 Å². The summed E-state index contributed by atoms with van der Waals surface area (Å²) in [6, 6.07) is 8.82. The Kier molecular flexibility index (Phi) is 2.68. The molecule has 5 unspecified atom stereocenters. The SMILES string of the molecule is CC(F)C1=CC2CN3CCc4c([nH]c5ccccc45)C(C)(C2)C13. The normalized spacial score (nSPS) is 36.5. The molecule has 1 aromatic heterocycles. The molecule has 1 fully saturated rings. The van der Waals surface area contributed by atoms with Gasteiger partial charge in [0, 0.05) is 41.1 Å². The summed E-state index contributed by atoms with van der Waals surface area (Å²) in [5.41, 5.74) is 5.07. The van der Waals surface area contributed by atoms with Gasteiger partial charge in [-0.1, -0.05) is 31.2 Å². The number of halogens is 1. The third-order valence-electron chi connectivity index (χ3n) is 6.36. The van der Waals surface area contributed by atoms with Crippen LogP contribution in [-0.2, 0) is 11.8 Å². The highest BCUT2D eigenvalue weighted by Crippen LogP contribution is 2.52. The van der Waals surface area contributed by atoms with Crippen molar-refractivity contribution in [3.05, 3.63) is 47.2 Å². The predicted molar refractivity (Wildman–Crippen MR) is 91.5 cm³/mol. The van der Waals surface area contributed by atoms with Gasteiger partial charge < -0.3 is 4.98 Å². The topological polar surface area (TPSA) is 19.0 Å². The van der Waals surface area contributed by atoms with Crippen LogP contribution in [0.1, 0.15) is 31.5 Å². The first-order chi connectivity index (χ1) is 11.1. The minimum atomic E-state index is -0.851. The fraction of sp³-hybridized carbons (Fsp3) is 0.500. The minimum absolute atomic E-state index is 0.00178. The maximum Gasteiger partial charge on any atom is 0.120 e. The number of benzene rings is 1. The second-order valence-electron chi connectivity index (χ2n) is 7.84. The summed E-state index contributed by atoms with van der Waals surface area (Å²) in [6.45, 7) is 6.19. The Morgan fingerprint density at radius 3 is 3.00 bits per heavy atom. The Morgan fingerprint density at radius 2 is 2.17 bits per heavy atom. The zero-order chi connectivity index (χ0) is 15.8. The van der Waals surface area contributed by atoms with E-state index < -0.39 is 6.17 Å². The van der Waals surface area contributed by atoms with Crippen LogP contribution in [-0.4, -0.2) is 35.2 Å². The van der Waals surface area contributed by atoms with E-state index in [1.165, 1.54) is 22.2 Å².